The number of amides is 3. The Morgan fingerprint density at radius 3 is 2.32 bits per heavy atom. The molecule has 212 valence electrons. The van der Waals surface area contributed by atoms with Crippen molar-refractivity contribution in [3.63, 3.8) is 0 Å². The largest absolute Gasteiger partial charge is 0.573 e. The molecule has 11 nitrogen and oxygen atoms in total. The van der Waals surface area contributed by atoms with Crippen LogP contribution >= 0.6 is 0 Å². The van der Waals surface area contributed by atoms with Gasteiger partial charge in [0, 0.05) is 17.4 Å². The smallest absolute Gasteiger partial charge is 0.480 e. The van der Waals surface area contributed by atoms with Crippen molar-refractivity contribution in [2.24, 2.45) is 0 Å². The van der Waals surface area contributed by atoms with Crippen LogP contribution in [0.4, 0.5) is 29.3 Å². The van der Waals surface area contributed by atoms with Crippen LogP contribution in [-0.2, 0) is 4.79 Å². The number of halogens is 3. The molecule has 41 heavy (non-hydrogen) atoms. The third-order valence-electron chi connectivity index (χ3n) is 6.66. The van der Waals surface area contributed by atoms with E-state index < -0.39 is 35.6 Å². The number of anilines is 2. The molecule has 1 saturated carbocycles. The first-order chi connectivity index (χ1) is 19.5. The quantitative estimate of drug-likeness (QED) is 0.244. The summed E-state index contributed by atoms with van der Waals surface area (Å²) >= 11 is 0. The monoisotopic (exact) mass is 568 g/mol. The number of fused-ring (bicyclic) bond motifs is 1. The first-order valence-corrected chi connectivity index (χ1v) is 12.5. The van der Waals surface area contributed by atoms with E-state index in [9.17, 15) is 32.7 Å². The predicted molar refractivity (Wildman–Crippen MR) is 140 cm³/mol. The fourth-order valence-corrected chi connectivity index (χ4v) is 4.72. The van der Waals surface area contributed by atoms with Gasteiger partial charge in [-0.3, -0.25) is 9.20 Å². The number of rotatable bonds is 7. The van der Waals surface area contributed by atoms with Crippen molar-refractivity contribution in [1.82, 2.24) is 19.9 Å². The second kappa shape index (κ2) is 10.8. The van der Waals surface area contributed by atoms with Gasteiger partial charge in [-0.05, 0) is 61.4 Å². The van der Waals surface area contributed by atoms with E-state index in [4.69, 9.17) is 0 Å². The van der Waals surface area contributed by atoms with E-state index in [-0.39, 0.29) is 16.9 Å². The Labute approximate surface area is 230 Å². The van der Waals surface area contributed by atoms with Crippen LogP contribution < -0.4 is 20.7 Å². The number of hydrogen-bond acceptors (Lipinski definition) is 6. The van der Waals surface area contributed by atoms with E-state index in [1.165, 1.54) is 24.3 Å². The van der Waals surface area contributed by atoms with Gasteiger partial charge in [-0.2, -0.15) is 0 Å². The average molecular weight is 569 g/mol. The number of pyridine rings is 1. The third-order valence-corrected chi connectivity index (χ3v) is 6.66. The number of hydrogen-bond donors (Lipinski definition) is 4. The number of urea groups is 1. The molecule has 14 heteroatoms. The number of carboxylic acids is 1. The normalized spacial score (nSPS) is 14.4. The van der Waals surface area contributed by atoms with Gasteiger partial charge in [0.1, 0.15) is 5.54 Å². The van der Waals surface area contributed by atoms with Gasteiger partial charge in [0.25, 0.3) is 5.91 Å². The Kier molecular flexibility index (Phi) is 7.22. The van der Waals surface area contributed by atoms with Crippen molar-refractivity contribution < 1.29 is 37.4 Å². The topological polar surface area (TPSA) is 147 Å². The Morgan fingerprint density at radius 1 is 0.927 bits per heavy atom. The lowest BCUT2D eigenvalue weighted by Gasteiger charge is -2.25. The van der Waals surface area contributed by atoms with Crippen LogP contribution in [0.25, 0.3) is 17.0 Å². The lowest BCUT2D eigenvalue weighted by molar-refractivity contribution is -0.274. The molecule has 1 aliphatic carbocycles. The highest BCUT2D eigenvalue weighted by molar-refractivity contribution is 6.03. The zero-order chi connectivity index (χ0) is 29.2. The Balaban J connectivity index is 1.30. The SMILES string of the molecule is O=C(Nc1ccc(-c2nnc3c(C(=O)NC4(C(=O)O)CCCC4)cccn23)cc1)Nc1ccccc1OC(F)(F)F. The molecule has 2 aromatic heterocycles. The van der Waals surface area contributed by atoms with Crippen molar-refractivity contribution in [3.8, 4) is 17.1 Å². The molecule has 0 unspecified atom stereocenters. The molecule has 4 aromatic rings. The fourth-order valence-electron chi connectivity index (χ4n) is 4.72. The van der Waals surface area contributed by atoms with Gasteiger partial charge in [0.2, 0.25) is 0 Å². The molecule has 0 aliphatic heterocycles. The van der Waals surface area contributed by atoms with Crippen LogP contribution in [0, 0.1) is 0 Å². The van der Waals surface area contributed by atoms with Gasteiger partial charge >= 0.3 is 18.4 Å². The van der Waals surface area contributed by atoms with Crippen molar-refractivity contribution in [2.45, 2.75) is 37.6 Å². The van der Waals surface area contributed by atoms with Gasteiger partial charge in [-0.1, -0.05) is 25.0 Å². The van der Waals surface area contributed by atoms with Gasteiger partial charge in [-0.25, -0.2) is 9.59 Å². The number of nitrogens with zero attached hydrogens (tertiary/aromatic N) is 3. The summed E-state index contributed by atoms with van der Waals surface area (Å²) in [6, 6.07) is 13.9. The van der Waals surface area contributed by atoms with Crippen LogP contribution in [-0.4, -0.2) is 49.5 Å². The molecule has 2 aromatic carbocycles. The number of carbonyl (C=O) groups excluding carboxylic acids is 2. The first-order valence-electron chi connectivity index (χ1n) is 12.5. The highest BCUT2D eigenvalue weighted by Crippen LogP contribution is 2.32. The molecule has 4 N–H and O–H groups in total. The van der Waals surface area contributed by atoms with E-state index in [1.54, 1.807) is 40.9 Å². The minimum Gasteiger partial charge on any atom is -0.480 e. The Bertz CT molecular complexity index is 1610. The number of para-hydroxylation sites is 2. The summed E-state index contributed by atoms with van der Waals surface area (Å²) in [7, 11) is 0. The minimum absolute atomic E-state index is 0.170. The van der Waals surface area contributed by atoms with Gasteiger partial charge < -0.3 is 25.8 Å². The van der Waals surface area contributed by atoms with E-state index in [2.05, 4.69) is 30.9 Å². The summed E-state index contributed by atoms with van der Waals surface area (Å²) in [5, 5.41) is 25.6. The van der Waals surface area contributed by atoms with Crippen LogP contribution in [0.5, 0.6) is 5.75 Å². The molecule has 0 saturated heterocycles. The number of ether oxygens (including phenoxy) is 1. The van der Waals surface area contributed by atoms with Crippen LogP contribution in [0.1, 0.15) is 36.0 Å². The maximum Gasteiger partial charge on any atom is 0.573 e. The van der Waals surface area contributed by atoms with E-state index in [0.717, 1.165) is 6.07 Å². The third kappa shape index (κ3) is 5.90. The predicted octanol–water partition coefficient (Wildman–Crippen LogP) is 5.07. The summed E-state index contributed by atoms with van der Waals surface area (Å²) < 4.78 is 43.5. The van der Waals surface area contributed by atoms with Crippen molar-refractivity contribution in [2.75, 3.05) is 10.6 Å². The molecule has 5 rings (SSSR count). The number of aliphatic carboxylic acids is 1. The van der Waals surface area contributed by atoms with Gasteiger partial charge in [0.05, 0.1) is 11.3 Å². The molecular formula is C27H23F3N6O5. The molecular weight excluding hydrogens is 545 g/mol. The Morgan fingerprint density at radius 2 is 1.63 bits per heavy atom. The number of carbonyl (C=O) groups is 3. The van der Waals surface area contributed by atoms with Gasteiger partial charge in [-0.15, -0.1) is 23.4 Å². The van der Waals surface area contributed by atoms with E-state index >= 15 is 0 Å². The molecule has 1 fully saturated rings. The fraction of sp³-hybridized carbons (Fsp3) is 0.222. The highest BCUT2D eigenvalue weighted by atomic mass is 19.4. The maximum atomic E-state index is 13.1. The highest BCUT2D eigenvalue weighted by Gasteiger charge is 2.43. The second-order valence-corrected chi connectivity index (χ2v) is 9.39. The molecule has 3 amide bonds. The van der Waals surface area contributed by atoms with Crippen LogP contribution in [0.3, 0.4) is 0 Å². The zero-order valence-corrected chi connectivity index (χ0v) is 21.2. The molecule has 0 radical (unpaired) electrons. The molecule has 0 atom stereocenters. The lowest BCUT2D eigenvalue weighted by Crippen LogP contribution is -2.52. The summed E-state index contributed by atoms with van der Waals surface area (Å²) in [5.74, 6) is -1.80. The van der Waals surface area contributed by atoms with Crippen LogP contribution in [0.2, 0.25) is 0 Å². The number of alkyl halides is 3. The number of benzene rings is 2. The standard InChI is InChI=1S/C27H23F3N6O5/c28-27(29,30)41-20-8-2-1-7-19(20)32-25(40)31-17-11-9-16(10-12-17)21-34-35-22-18(6-5-15-36(21)22)23(37)33-26(24(38)39)13-3-4-14-26/h1-2,5-12,15H,3-4,13-14H2,(H,33,37)(H,38,39)(H2,31,32,40). The second-order valence-electron chi connectivity index (χ2n) is 9.39. The minimum atomic E-state index is -4.92. The van der Waals surface area contributed by atoms with Crippen LogP contribution in [0.15, 0.2) is 66.9 Å². The first kappa shape index (κ1) is 27.4. The summed E-state index contributed by atoms with van der Waals surface area (Å²) in [5.41, 5.74) is -0.151. The summed E-state index contributed by atoms with van der Waals surface area (Å²) in [4.78, 5) is 37.4. The summed E-state index contributed by atoms with van der Waals surface area (Å²) in [6.07, 6.45) is -1.15. The van der Waals surface area contributed by atoms with Crippen molar-refractivity contribution >= 4 is 34.9 Å². The Hall–Kier alpha value is -5.14. The van der Waals surface area contributed by atoms with E-state index in [1.807, 2.05) is 0 Å². The lowest BCUT2D eigenvalue weighted by atomic mass is 9.97. The van der Waals surface area contributed by atoms with E-state index in [0.29, 0.717) is 42.8 Å². The zero-order valence-electron chi connectivity index (χ0n) is 21.2. The summed E-state index contributed by atoms with van der Waals surface area (Å²) in [6.45, 7) is 0. The molecule has 0 spiro atoms. The maximum absolute atomic E-state index is 13.1. The molecule has 1 aliphatic rings. The average Bonchev–Trinajstić information content (AvgIpc) is 3.57. The van der Waals surface area contributed by atoms with Gasteiger partial charge in [0.15, 0.2) is 17.2 Å². The van der Waals surface area contributed by atoms with Crippen molar-refractivity contribution in [3.05, 3.63) is 72.4 Å². The molecule has 2 heterocycles. The van der Waals surface area contributed by atoms with Crippen molar-refractivity contribution in [1.29, 1.82) is 0 Å². The number of carboxylic acid groups (broad SMARTS) is 1. The molecule has 0 bridgehead atoms. The number of nitrogens with one attached hydrogen (secondary N) is 3. The number of aromatic nitrogens is 3.